The molecule has 0 bridgehead atoms. The summed E-state index contributed by atoms with van der Waals surface area (Å²) in [5, 5.41) is 3.09. The molecule has 5 nitrogen and oxygen atoms in total. The van der Waals surface area contributed by atoms with Gasteiger partial charge >= 0.3 is 0 Å². The number of pyridine rings is 1. The number of hydrogen-bond acceptors (Lipinski definition) is 3. The summed E-state index contributed by atoms with van der Waals surface area (Å²) in [5.74, 6) is 0. The smallest absolute Gasteiger partial charge is 0.273 e. The Bertz CT molecular complexity index is 1030. The van der Waals surface area contributed by atoms with E-state index in [1.807, 2.05) is 55.5 Å². The van der Waals surface area contributed by atoms with Gasteiger partial charge in [-0.3, -0.25) is 14.9 Å². The van der Waals surface area contributed by atoms with Crippen LogP contribution in [0.1, 0.15) is 5.69 Å². The fraction of sp³-hybridized carbons (Fsp3) is 0.0556. The van der Waals surface area contributed by atoms with E-state index in [2.05, 4.69) is 15.1 Å². The van der Waals surface area contributed by atoms with Crippen molar-refractivity contribution >= 4 is 5.65 Å². The SMILES string of the molecule is Cc1[nH]n2c(=O)cc(-c3ccccn3)nc2c1-c1ccccc1. The van der Waals surface area contributed by atoms with Crippen molar-refractivity contribution in [2.45, 2.75) is 6.92 Å². The molecule has 4 aromatic rings. The number of benzene rings is 1. The Kier molecular flexibility index (Phi) is 3.05. The minimum Gasteiger partial charge on any atom is -0.293 e. The van der Waals surface area contributed by atoms with Crippen LogP contribution in [0.2, 0.25) is 0 Å². The normalized spacial score (nSPS) is 11.0. The van der Waals surface area contributed by atoms with E-state index in [-0.39, 0.29) is 5.56 Å². The van der Waals surface area contributed by atoms with Crippen LogP contribution in [0.3, 0.4) is 0 Å². The molecule has 4 rings (SSSR count). The molecule has 23 heavy (non-hydrogen) atoms. The number of nitrogens with one attached hydrogen (secondary N) is 1. The quantitative estimate of drug-likeness (QED) is 0.619. The number of aromatic amines is 1. The van der Waals surface area contributed by atoms with Gasteiger partial charge in [-0.05, 0) is 24.6 Å². The summed E-state index contributed by atoms with van der Waals surface area (Å²) in [4.78, 5) is 21.4. The van der Waals surface area contributed by atoms with E-state index in [0.717, 1.165) is 16.8 Å². The molecule has 3 heterocycles. The van der Waals surface area contributed by atoms with Crippen LogP contribution in [0.4, 0.5) is 0 Å². The molecular formula is C18H14N4O. The first kappa shape index (κ1) is 13.5. The lowest BCUT2D eigenvalue weighted by Gasteiger charge is -2.03. The Morgan fingerprint density at radius 3 is 2.52 bits per heavy atom. The maximum absolute atomic E-state index is 12.4. The summed E-state index contributed by atoms with van der Waals surface area (Å²) in [6.45, 7) is 1.94. The van der Waals surface area contributed by atoms with Crippen LogP contribution in [0.5, 0.6) is 0 Å². The van der Waals surface area contributed by atoms with Crippen LogP contribution in [-0.4, -0.2) is 19.6 Å². The maximum atomic E-state index is 12.4. The predicted molar refractivity (Wildman–Crippen MR) is 89.2 cm³/mol. The number of hydrogen-bond donors (Lipinski definition) is 1. The van der Waals surface area contributed by atoms with E-state index in [9.17, 15) is 4.79 Å². The number of rotatable bonds is 2. The van der Waals surface area contributed by atoms with Crippen LogP contribution in [0.15, 0.2) is 65.6 Å². The van der Waals surface area contributed by atoms with Crippen molar-refractivity contribution in [3.05, 3.63) is 76.8 Å². The van der Waals surface area contributed by atoms with Gasteiger partial charge in [0.2, 0.25) is 0 Å². The van der Waals surface area contributed by atoms with Crippen molar-refractivity contribution in [2.75, 3.05) is 0 Å². The Labute approximate surface area is 132 Å². The van der Waals surface area contributed by atoms with Crippen molar-refractivity contribution in [2.24, 2.45) is 0 Å². The first-order chi connectivity index (χ1) is 11.2. The molecule has 0 saturated carbocycles. The van der Waals surface area contributed by atoms with Gasteiger partial charge in [0, 0.05) is 23.5 Å². The lowest BCUT2D eigenvalue weighted by Crippen LogP contribution is -2.14. The number of aromatic nitrogens is 4. The molecule has 0 aliphatic heterocycles. The highest BCUT2D eigenvalue weighted by Crippen LogP contribution is 2.27. The molecule has 0 atom stereocenters. The second-order valence-corrected chi connectivity index (χ2v) is 5.33. The van der Waals surface area contributed by atoms with E-state index >= 15 is 0 Å². The Morgan fingerprint density at radius 1 is 1.00 bits per heavy atom. The van der Waals surface area contributed by atoms with Crippen molar-refractivity contribution in [1.29, 1.82) is 0 Å². The summed E-state index contributed by atoms with van der Waals surface area (Å²) in [6.07, 6.45) is 1.69. The van der Waals surface area contributed by atoms with Gasteiger partial charge in [0.1, 0.15) is 0 Å². The third-order valence-corrected chi connectivity index (χ3v) is 3.79. The molecule has 3 aromatic heterocycles. The maximum Gasteiger partial charge on any atom is 0.273 e. The lowest BCUT2D eigenvalue weighted by molar-refractivity contribution is 0.881. The zero-order chi connectivity index (χ0) is 15.8. The highest BCUT2D eigenvalue weighted by molar-refractivity contribution is 5.80. The number of H-pyrrole nitrogens is 1. The van der Waals surface area contributed by atoms with Gasteiger partial charge in [-0.1, -0.05) is 36.4 Å². The minimum absolute atomic E-state index is 0.152. The molecule has 112 valence electrons. The minimum atomic E-state index is -0.152. The van der Waals surface area contributed by atoms with Gasteiger partial charge in [0.05, 0.1) is 11.4 Å². The van der Waals surface area contributed by atoms with Gasteiger partial charge < -0.3 is 0 Å². The van der Waals surface area contributed by atoms with Crippen molar-refractivity contribution in [3.8, 4) is 22.5 Å². The van der Waals surface area contributed by atoms with E-state index in [1.54, 1.807) is 6.20 Å². The van der Waals surface area contributed by atoms with E-state index in [4.69, 9.17) is 0 Å². The summed E-state index contributed by atoms with van der Waals surface area (Å²) in [7, 11) is 0. The van der Waals surface area contributed by atoms with E-state index in [0.29, 0.717) is 17.0 Å². The first-order valence-corrected chi connectivity index (χ1v) is 7.33. The molecule has 0 saturated heterocycles. The van der Waals surface area contributed by atoms with Crippen molar-refractivity contribution < 1.29 is 0 Å². The Balaban J connectivity index is 2.04. The molecule has 0 unspecified atom stereocenters. The van der Waals surface area contributed by atoms with Crippen LogP contribution < -0.4 is 5.56 Å². The molecule has 5 heteroatoms. The second-order valence-electron chi connectivity index (χ2n) is 5.33. The lowest BCUT2D eigenvalue weighted by atomic mass is 10.1. The van der Waals surface area contributed by atoms with Gasteiger partial charge in [0.15, 0.2) is 5.65 Å². The average Bonchev–Trinajstić information content (AvgIpc) is 2.93. The molecule has 1 N–H and O–H groups in total. The summed E-state index contributed by atoms with van der Waals surface area (Å²) in [6, 6.07) is 17.0. The van der Waals surface area contributed by atoms with Crippen LogP contribution in [0, 0.1) is 6.92 Å². The molecular weight excluding hydrogens is 288 g/mol. The van der Waals surface area contributed by atoms with E-state index in [1.165, 1.54) is 10.6 Å². The fourth-order valence-corrected chi connectivity index (χ4v) is 2.75. The highest BCUT2D eigenvalue weighted by Gasteiger charge is 2.15. The topological polar surface area (TPSA) is 63.0 Å². The highest BCUT2D eigenvalue weighted by atomic mass is 16.1. The Morgan fingerprint density at radius 2 is 1.78 bits per heavy atom. The van der Waals surface area contributed by atoms with Gasteiger partial charge in [-0.15, -0.1) is 0 Å². The third kappa shape index (κ3) is 2.23. The van der Waals surface area contributed by atoms with Gasteiger partial charge in [-0.2, -0.15) is 0 Å². The second kappa shape index (κ2) is 5.21. The molecule has 1 aromatic carbocycles. The predicted octanol–water partition coefficient (Wildman–Crippen LogP) is 3.06. The van der Waals surface area contributed by atoms with Crippen LogP contribution in [-0.2, 0) is 0 Å². The van der Waals surface area contributed by atoms with Crippen LogP contribution >= 0.6 is 0 Å². The summed E-state index contributed by atoms with van der Waals surface area (Å²) < 4.78 is 1.48. The monoisotopic (exact) mass is 302 g/mol. The van der Waals surface area contributed by atoms with E-state index < -0.39 is 0 Å². The number of aryl methyl sites for hydroxylation is 1. The number of nitrogens with zero attached hydrogens (tertiary/aromatic N) is 3. The van der Waals surface area contributed by atoms with Crippen LogP contribution in [0.25, 0.3) is 28.2 Å². The third-order valence-electron chi connectivity index (χ3n) is 3.79. The first-order valence-electron chi connectivity index (χ1n) is 7.33. The summed E-state index contributed by atoms with van der Waals surface area (Å²) in [5.41, 5.74) is 4.58. The zero-order valence-electron chi connectivity index (χ0n) is 12.5. The summed E-state index contributed by atoms with van der Waals surface area (Å²) >= 11 is 0. The standard InChI is InChI=1S/C18H14N4O/c1-12-17(13-7-3-2-4-8-13)18-20-15(11-16(23)22(18)21-12)14-9-5-6-10-19-14/h2-11,21H,1H3. The van der Waals surface area contributed by atoms with Crippen molar-refractivity contribution in [3.63, 3.8) is 0 Å². The number of fused-ring (bicyclic) bond motifs is 1. The van der Waals surface area contributed by atoms with Gasteiger partial charge in [0.25, 0.3) is 5.56 Å². The van der Waals surface area contributed by atoms with Gasteiger partial charge in [-0.25, -0.2) is 9.50 Å². The fourth-order valence-electron chi connectivity index (χ4n) is 2.75. The molecule has 0 aliphatic rings. The largest absolute Gasteiger partial charge is 0.293 e. The molecule has 0 aliphatic carbocycles. The average molecular weight is 302 g/mol. The molecule has 0 amide bonds. The zero-order valence-corrected chi connectivity index (χ0v) is 12.5. The van der Waals surface area contributed by atoms with Crippen molar-refractivity contribution in [1.82, 2.24) is 19.6 Å². The Hall–Kier alpha value is -3.21. The molecule has 0 fully saturated rings. The molecule has 0 radical (unpaired) electrons. The molecule has 0 spiro atoms.